The molecule has 0 radical (unpaired) electrons. The van der Waals surface area contributed by atoms with E-state index in [1.54, 1.807) is 0 Å². The summed E-state index contributed by atoms with van der Waals surface area (Å²) < 4.78 is 0. The van der Waals surface area contributed by atoms with Gasteiger partial charge in [-0.1, -0.05) is 168 Å². The molecule has 328 valence electrons. The van der Waals surface area contributed by atoms with E-state index in [-0.39, 0.29) is 0 Å². The van der Waals surface area contributed by atoms with Crippen molar-refractivity contribution in [3.05, 3.63) is 256 Å². The molecule has 0 atom stereocenters. The van der Waals surface area contributed by atoms with Crippen LogP contribution in [0.5, 0.6) is 0 Å². The molecule has 0 nitrogen and oxygen atoms in total. The number of rotatable bonds is 10. The number of hydrogen-bond acceptors (Lipinski definition) is 0. The molecule has 0 spiro atoms. The summed E-state index contributed by atoms with van der Waals surface area (Å²) in [5.41, 5.74) is 30.6. The minimum Gasteiger partial charge on any atom is -0.0616 e. The fourth-order valence-electron chi connectivity index (χ4n) is 10.7. The summed E-state index contributed by atoms with van der Waals surface area (Å²) in [4.78, 5) is 0. The molecule has 66 heavy (non-hydrogen) atoms. The van der Waals surface area contributed by atoms with Crippen LogP contribution in [0.25, 0.3) is 58.4 Å². The first-order valence-electron chi connectivity index (χ1n) is 23.5. The summed E-state index contributed by atoms with van der Waals surface area (Å²) in [5.74, 6) is 0. The topological polar surface area (TPSA) is 0 Å². The average molecular weight is 857 g/mol. The monoisotopic (exact) mass is 857 g/mol. The number of aryl methyl sites for hydroxylation is 12. The average Bonchev–Trinajstić information content (AvgIpc) is 3.24. The number of benzene rings is 8. The van der Waals surface area contributed by atoms with E-state index in [4.69, 9.17) is 0 Å². The van der Waals surface area contributed by atoms with Crippen molar-refractivity contribution in [3.63, 3.8) is 0 Å². The van der Waals surface area contributed by atoms with Crippen LogP contribution in [0, 0.1) is 83.1 Å². The van der Waals surface area contributed by atoms with Gasteiger partial charge in [-0.15, -0.1) is 0 Å². The maximum absolute atomic E-state index is 2.38. The SMILES string of the molecule is Cc1cc(C)c(C(=Cc2ccc(/C=C/c3cc(/C=C/c4ccc(C=C(c5c(C)cc(C)cc5C)c5c(C)cc(C)cc5C)cc4)c4ccccc4c3)cc2)c2c(C)cc(C)cc2C)c(C)c1. The van der Waals surface area contributed by atoms with Gasteiger partial charge in [-0.05, 0) is 229 Å². The Morgan fingerprint density at radius 2 is 0.591 bits per heavy atom. The molecule has 0 unspecified atom stereocenters. The smallest absolute Gasteiger partial charge is 0.00948 e. The fraction of sp³-hybridized carbons (Fsp3) is 0.182. The minimum atomic E-state index is 1.17. The first kappa shape index (κ1) is 45.5. The van der Waals surface area contributed by atoms with E-state index in [9.17, 15) is 0 Å². The lowest BCUT2D eigenvalue weighted by molar-refractivity contribution is 1.25. The van der Waals surface area contributed by atoms with Gasteiger partial charge in [0.1, 0.15) is 0 Å². The Kier molecular flexibility index (Phi) is 13.3. The predicted octanol–water partition coefficient (Wildman–Crippen LogP) is 18.1. The molecule has 0 N–H and O–H groups in total. The van der Waals surface area contributed by atoms with E-state index >= 15 is 0 Å². The van der Waals surface area contributed by atoms with Gasteiger partial charge in [0.2, 0.25) is 0 Å². The van der Waals surface area contributed by atoms with Crippen LogP contribution in [0.1, 0.15) is 122 Å². The van der Waals surface area contributed by atoms with Crippen LogP contribution in [-0.4, -0.2) is 0 Å². The molecule has 8 aromatic carbocycles. The molecular weight excluding hydrogens is 793 g/mol. The largest absolute Gasteiger partial charge is 0.0616 e. The third-order valence-corrected chi connectivity index (χ3v) is 13.1. The van der Waals surface area contributed by atoms with E-state index in [1.807, 2.05) is 0 Å². The van der Waals surface area contributed by atoms with Crippen LogP contribution >= 0.6 is 0 Å². The quantitative estimate of drug-likeness (QED) is 0.120. The maximum Gasteiger partial charge on any atom is -0.00948 e. The summed E-state index contributed by atoms with van der Waals surface area (Å²) in [6.07, 6.45) is 13.7. The maximum atomic E-state index is 2.38. The van der Waals surface area contributed by atoms with Gasteiger partial charge in [-0.3, -0.25) is 0 Å². The van der Waals surface area contributed by atoms with Crippen molar-refractivity contribution in [2.24, 2.45) is 0 Å². The van der Waals surface area contributed by atoms with Gasteiger partial charge in [0.05, 0.1) is 0 Å². The van der Waals surface area contributed by atoms with Gasteiger partial charge in [0.15, 0.2) is 0 Å². The Morgan fingerprint density at radius 1 is 0.288 bits per heavy atom. The third-order valence-electron chi connectivity index (χ3n) is 13.1. The van der Waals surface area contributed by atoms with Crippen LogP contribution in [0.3, 0.4) is 0 Å². The normalized spacial score (nSPS) is 11.5. The molecule has 0 saturated heterocycles. The molecule has 0 aromatic heterocycles. The van der Waals surface area contributed by atoms with Gasteiger partial charge in [-0.2, -0.15) is 0 Å². The summed E-state index contributed by atoms with van der Waals surface area (Å²) >= 11 is 0. The number of fused-ring (bicyclic) bond motifs is 1. The summed E-state index contributed by atoms with van der Waals surface area (Å²) in [6.45, 7) is 26.7. The summed E-state index contributed by atoms with van der Waals surface area (Å²) in [6, 6.07) is 49.7. The first-order chi connectivity index (χ1) is 31.6. The van der Waals surface area contributed by atoms with Crippen LogP contribution in [0.2, 0.25) is 0 Å². The highest BCUT2D eigenvalue weighted by molar-refractivity contribution is 5.98. The molecule has 0 bridgehead atoms. The molecule has 0 heterocycles. The lowest BCUT2D eigenvalue weighted by Gasteiger charge is -2.20. The van der Waals surface area contributed by atoms with Crippen LogP contribution < -0.4 is 0 Å². The molecule has 0 aliphatic heterocycles. The summed E-state index contributed by atoms with van der Waals surface area (Å²) in [7, 11) is 0. The van der Waals surface area contributed by atoms with Gasteiger partial charge in [0, 0.05) is 0 Å². The second-order valence-corrected chi connectivity index (χ2v) is 19.0. The molecule has 8 aromatic rings. The van der Waals surface area contributed by atoms with E-state index in [2.05, 4.69) is 253 Å². The zero-order chi connectivity index (χ0) is 46.8. The van der Waals surface area contributed by atoms with Crippen molar-refractivity contribution >= 4 is 58.4 Å². The van der Waals surface area contributed by atoms with Gasteiger partial charge >= 0.3 is 0 Å². The van der Waals surface area contributed by atoms with Gasteiger partial charge < -0.3 is 0 Å². The summed E-state index contributed by atoms with van der Waals surface area (Å²) in [5, 5.41) is 2.47. The first-order valence-corrected chi connectivity index (χ1v) is 23.5. The second kappa shape index (κ2) is 19.2. The Hall–Kier alpha value is -7.02. The zero-order valence-corrected chi connectivity index (χ0v) is 41.2. The van der Waals surface area contributed by atoms with Gasteiger partial charge in [-0.25, -0.2) is 0 Å². The van der Waals surface area contributed by atoms with Gasteiger partial charge in [0.25, 0.3) is 0 Å². The minimum absolute atomic E-state index is 1.17. The molecule has 0 aliphatic rings. The Morgan fingerprint density at radius 3 is 0.955 bits per heavy atom. The predicted molar refractivity (Wildman–Crippen MR) is 291 cm³/mol. The van der Waals surface area contributed by atoms with Crippen LogP contribution in [0.15, 0.2) is 133 Å². The third kappa shape index (κ3) is 9.95. The van der Waals surface area contributed by atoms with Crippen molar-refractivity contribution in [1.29, 1.82) is 0 Å². The molecule has 0 aliphatic carbocycles. The van der Waals surface area contributed by atoms with Crippen LogP contribution in [-0.2, 0) is 0 Å². The molecule has 0 fully saturated rings. The second-order valence-electron chi connectivity index (χ2n) is 19.0. The van der Waals surface area contributed by atoms with E-state index in [1.165, 1.54) is 144 Å². The lowest BCUT2D eigenvalue weighted by Crippen LogP contribution is -2.01. The fourth-order valence-corrected chi connectivity index (χ4v) is 10.7. The van der Waals surface area contributed by atoms with E-state index < -0.39 is 0 Å². The van der Waals surface area contributed by atoms with Crippen molar-refractivity contribution in [2.45, 2.75) is 83.1 Å². The van der Waals surface area contributed by atoms with Crippen molar-refractivity contribution in [3.8, 4) is 0 Å². The van der Waals surface area contributed by atoms with Crippen molar-refractivity contribution < 1.29 is 0 Å². The number of hydrogen-bond donors (Lipinski definition) is 0. The molecule has 0 heteroatoms. The van der Waals surface area contributed by atoms with Crippen molar-refractivity contribution in [2.75, 3.05) is 0 Å². The lowest BCUT2D eigenvalue weighted by atomic mass is 9.84. The standard InChI is InChI=1S/C66H64/c1-41-29-45(5)63(46(6)30-41)61(64-47(7)31-42(2)32-48(64)8)39-55-22-17-53(18-23-55)21-26-57-37-58-15-13-14-16-60(58)59(38-57)28-27-54-19-24-56(25-20-54)40-62(65-49(9)33-43(3)34-50(65)10)66-51(11)35-44(4)36-52(66)12/h13-40H,1-12H3/b26-21+,28-27+. The Bertz CT molecular complexity index is 3050. The van der Waals surface area contributed by atoms with Crippen molar-refractivity contribution in [1.82, 2.24) is 0 Å². The van der Waals surface area contributed by atoms with Crippen LogP contribution in [0.4, 0.5) is 0 Å². The highest BCUT2D eigenvalue weighted by Gasteiger charge is 2.18. The molecule has 0 amide bonds. The zero-order valence-electron chi connectivity index (χ0n) is 41.2. The van der Waals surface area contributed by atoms with E-state index in [0.29, 0.717) is 0 Å². The molecular formula is C66H64. The highest BCUT2D eigenvalue weighted by atomic mass is 14.2. The molecule has 0 saturated carbocycles. The molecule has 8 rings (SSSR count). The Balaban J connectivity index is 1.08. The highest BCUT2D eigenvalue weighted by Crippen LogP contribution is 2.38. The Labute approximate surface area is 395 Å². The van der Waals surface area contributed by atoms with E-state index in [0.717, 1.165) is 0 Å².